The molecular weight excluding hydrogens is 212 g/mol. The highest BCUT2D eigenvalue weighted by Gasteiger charge is 2.61. The fraction of sp³-hybridized carbons (Fsp3) is 0.467. The first-order chi connectivity index (χ1) is 8.06. The highest BCUT2D eigenvalue weighted by Crippen LogP contribution is 2.61. The second kappa shape index (κ2) is 3.28. The first-order valence-electron chi connectivity index (χ1n) is 6.15. The summed E-state index contributed by atoms with van der Waals surface area (Å²) >= 11 is 0. The van der Waals surface area contributed by atoms with Crippen LogP contribution in [0, 0.1) is 5.41 Å². The fourth-order valence-corrected chi connectivity index (χ4v) is 3.87. The summed E-state index contributed by atoms with van der Waals surface area (Å²) < 4.78 is 0. The maximum atomic E-state index is 11.8. The molecule has 0 heterocycles. The predicted octanol–water partition coefficient (Wildman–Crippen LogP) is 2.66. The highest BCUT2D eigenvalue weighted by atomic mass is 16.1. The quantitative estimate of drug-likeness (QED) is 0.740. The summed E-state index contributed by atoms with van der Waals surface area (Å²) in [6, 6.07) is 10.1. The van der Waals surface area contributed by atoms with Crippen LogP contribution in [0.25, 0.3) is 0 Å². The third-order valence-electron chi connectivity index (χ3n) is 4.65. The number of Topliss-reactive ketones (excluding diaryl/α,β-unsaturated/α-hetero) is 2. The molecule has 0 spiro atoms. The van der Waals surface area contributed by atoms with E-state index in [-0.39, 0.29) is 10.8 Å². The zero-order chi connectivity index (χ0) is 12.1. The van der Waals surface area contributed by atoms with Crippen molar-refractivity contribution in [3.63, 3.8) is 0 Å². The Labute approximate surface area is 101 Å². The van der Waals surface area contributed by atoms with Gasteiger partial charge in [-0.3, -0.25) is 9.59 Å². The van der Waals surface area contributed by atoms with Crippen LogP contribution in [0.1, 0.15) is 38.2 Å². The summed E-state index contributed by atoms with van der Waals surface area (Å²) in [7, 11) is 0. The highest BCUT2D eigenvalue weighted by molar-refractivity contribution is 5.93. The van der Waals surface area contributed by atoms with Crippen LogP contribution in [-0.4, -0.2) is 11.6 Å². The van der Waals surface area contributed by atoms with Gasteiger partial charge in [0, 0.05) is 31.1 Å². The summed E-state index contributed by atoms with van der Waals surface area (Å²) in [5.74, 6) is 0.618. The lowest BCUT2D eigenvalue weighted by Gasteiger charge is -2.36. The van der Waals surface area contributed by atoms with Crippen molar-refractivity contribution < 1.29 is 9.59 Å². The maximum absolute atomic E-state index is 11.8. The summed E-state index contributed by atoms with van der Waals surface area (Å²) in [4.78, 5) is 23.7. The Morgan fingerprint density at radius 1 is 0.882 bits per heavy atom. The molecule has 1 aromatic carbocycles. The van der Waals surface area contributed by atoms with Crippen molar-refractivity contribution in [3.05, 3.63) is 35.9 Å². The van der Waals surface area contributed by atoms with E-state index in [0.29, 0.717) is 37.2 Å². The van der Waals surface area contributed by atoms with Gasteiger partial charge in [0.1, 0.15) is 11.6 Å². The van der Waals surface area contributed by atoms with Crippen LogP contribution < -0.4 is 0 Å². The van der Waals surface area contributed by atoms with E-state index in [2.05, 4.69) is 19.1 Å². The molecule has 0 unspecified atom stereocenters. The van der Waals surface area contributed by atoms with Gasteiger partial charge in [-0.05, 0) is 11.0 Å². The van der Waals surface area contributed by atoms with Crippen molar-refractivity contribution in [2.24, 2.45) is 5.41 Å². The van der Waals surface area contributed by atoms with Gasteiger partial charge >= 0.3 is 0 Å². The number of carbonyl (C=O) groups excluding carboxylic acids is 2. The van der Waals surface area contributed by atoms with Gasteiger partial charge in [-0.15, -0.1) is 0 Å². The standard InChI is InChI=1S/C15H16O2/c1-14-7-12(16)9-15(14,10-13(17)8-14)11-5-3-2-4-6-11/h2-6H,7-10H2,1H3. The Balaban J connectivity index is 2.16. The SMILES string of the molecule is CC12CC(=O)CC1(c1ccccc1)CC(=O)C2. The van der Waals surface area contributed by atoms with Crippen LogP contribution in [0.5, 0.6) is 0 Å². The Bertz CT molecular complexity index is 467. The molecule has 0 bridgehead atoms. The summed E-state index contributed by atoms with van der Waals surface area (Å²) in [6.45, 7) is 2.11. The van der Waals surface area contributed by atoms with Crippen molar-refractivity contribution in [1.29, 1.82) is 0 Å². The van der Waals surface area contributed by atoms with Crippen LogP contribution in [0.2, 0.25) is 0 Å². The predicted molar refractivity (Wildman–Crippen MR) is 64.7 cm³/mol. The van der Waals surface area contributed by atoms with Gasteiger partial charge in [-0.1, -0.05) is 37.3 Å². The fourth-order valence-electron chi connectivity index (χ4n) is 3.87. The smallest absolute Gasteiger partial charge is 0.134 e. The minimum absolute atomic E-state index is 0.150. The minimum atomic E-state index is -0.220. The summed E-state index contributed by atoms with van der Waals surface area (Å²) in [6.07, 6.45) is 2.21. The molecule has 0 radical (unpaired) electrons. The Morgan fingerprint density at radius 3 is 1.94 bits per heavy atom. The molecule has 2 saturated carbocycles. The number of ketones is 2. The van der Waals surface area contributed by atoms with E-state index in [0.717, 1.165) is 0 Å². The van der Waals surface area contributed by atoms with Gasteiger partial charge in [0.15, 0.2) is 0 Å². The second-order valence-corrected chi connectivity index (χ2v) is 5.79. The molecule has 3 rings (SSSR count). The third kappa shape index (κ3) is 1.33. The average Bonchev–Trinajstić information content (AvgIpc) is 2.64. The van der Waals surface area contributed by atoms with Crippen LogP contribution in [0.4, 0.5) is 0 Å². The number of rotatable bonds is 1. The van der Waals surface area contributed by atoms with Crippen molar-refractivity contribution in [2.45, 2.75) is 38.0 Å². The molecule has 0 saturated heterocycles. The lowest BCUT2D eigenvalue weighted by molar-refractivity contribution is -0.120. The van der Waals surface area contributed by atoms with E-state index >= 15 is 0 Å². The first-order valence-corrected chi connectivity index (χ1v) is 6.15. The molecule has 0 aliphatic heterocycles. The topological polar surface area (TPSA) is 34.1 Å². The van der Waals surface area contributed by atoms with E-state index in [9.17, 15) is 9.59 Å². The zero-order valence-corrected chi connectivity index (χ0v) is 10.0. The van der Waals surface area contributed by atoms with Crippen molar-refractivity contribution in [1.82, 2.24) is 0 Å². The molecule has 17 heavy (non-hydrogen) atoms. The van der Waals surface area contributed by atoms with Gasteiger partial charge in [-0.25, -0.2) is 0 Å². The molecule has 2 aliphatic carbocycles. The second-order valence-electron chi connectivity index (χ2n) is 5.79. The normalized spacial score (nSPS) is 36.3. The lowest BCUT2D eigenvalue weighted by Crippen LogP contribution is -2.33. The largest absolute Gasteiger partial charge is 0.300 e. The first kappa shape index (κ1) is 10.7. The van der Waals surface area contributed by atoms with E-state index < -0.39 is 0 Å². The Hall–Kier alpha value is -1.44. The molecule has 2 fully saturated rings. The van der Waals surface area contributed by atoms with Gasteiger partial charge < -0.3 is 0 Å². The zero-order valence-electron chi connectivity index (χ0n) is 10.0. The van der Waals surface area contributed by atoms with Crippen LogP contribution >= 0.6 is 0 Å². The monoisotopic (exact) mass is 228 g/mol. The van der Waals surface area contributed by atoms with E-state index in [1.54, 1.807) is 0 Å². The van der Waals surface area contributed by atoms with Crippen molar-refractivity contribution in [3.8, 4) is 0 Å². The molecule has 2 heteroatoms. The van der Waals surface area contributed by atoms with Gasteiger partial charge in [0.25, 0.3) is 0 Å². The lowest BCUT2D eigenvalue weighted by atomic mass is 9.65. The van der Waals surface area contributed by atoms with Crippen LogP contribution in [0.3, 0.4) is 0 Å². The van der Waals surface area contributed by atoms with Gasteiger partial charge in [0.05, 0.1) is 0 Å². The molecule has 0 N–H and O–H groups in total. The number of carbonyl (C=O) groups is 2. The molecule has 0 atom stereocenters. The molecule has 1 aromatic rings. The van der Waals surface area contributed by atoms with Gasteiger partial charge in [0.2, 0.25) is 0 Å². The van der Waals surface area contributed by atoms with Crippen molar-refractivity contribution >= 4 is 11.6 Å². The maximum Gasteiger partial charge on any atom is 0.134 e. The third-order valence-corrected chi connectivity index (χ3v) is 4.65. The molecule has 2 aliphatic rings. The molecule has 0 aromatic heterocycles. The summed E-state index contributed by atoms with van der Waals surface area (Å²) in [5, 5.41) is 0. The Kier molecular flexibility index (Phi) is 2.07. The van der Waals surface area contributed by atoms with Crippen LogP contribution in [-0.2, 0) is 15.0 Å². The number of hydrogen-bond donors (Lipinski definition) is 0. The van der Waals surface area contributed by atoms with Gasteiger partial charge in [-0.2, -0.15) is 0 Å². The molecule has 88 valence electrons. The van der Waals surface area contributed by atoms with E-state index in [1.165, 1.54) is 5.56 Å². The van der Waals surface area contributed by atoms with Crippen molar-refractivity contribution in [2.75, 3.05) is 0 Å². The number of benzene rings is 1. The molecule has 0 amide bonds. The molecular formula is C15H16O2. The summed E-state index contributed by atoms with van der Waals surface area (Å²) in [5.41, 5.74) is 0.796. The van der Waals surface area contributed by atoms with Crippen LogP contribution in [0.15, 0.2) is 30.3 Å². The average molecular weight is 228 g/mol. The number of hydrogen-bond acceptors (Lipinski definition) is 2. The molecule has 2 nitrogen and oxygen atoms in total. The Morgan fingerprint density at radius 2 is 1.41 bits per heavy atom. The number of fused-ring (bicyclic) bond motifs is 1. The van der Waals surface area contributed by atoms with E-state index in [4.69, 9.17) is 0 Å². The minimum Gasteiger partial charge on any atom is -0.300 e. The van der Waals surface area contributed by atoms with E-state index in [1.807, 2.05) is 18.2 Å².